The van der Waals surface area contributed by atoms with Crippen LogP contribution in [-0.2, 0) is 11.2 Å². The molecule has 0 atom stereocenters. The van der Waals surface area contributed by atoms with Crippen LogP contribution in [0.4, 0.5) is 0 Å². The van der Waals surface area contributed by atoms with Crippen molar-refractivity contribution in [2.75, 3.05) is 20.2 Å². The average molecular weight is 280 g/mol. The highest BCUT2D eigenvalue weighted by molar-refractivity contribution is 7.80. The SMILES string of the molecule is CCc1cccc(OCC(=O)N(C)CCC(N)=S)c1. The third kappa shape index (κ3) is 5.70. The maximum atomic E-state index is 11.8. The Morgan fingerprint density at radius 3 is 2.84 bits per heavy atom. The molecule has 1 aromatic carbocycles. The van der Waals surface area contributed by atoms with Gasteiger partial charge in [-0.25, -0.2) is 0 Å². The molecule has 0 spiro atoms. The molecule has 0 saturated heterocycles. The molecule has 0 aliphatic rings. The molecule has 0 bridgehead atoms. The van der Waals surface area contributed by atoms with Crippen molar-refractivity contribution in [2.45, 2.75) is 19.8 Å². The number of likely N-dealkylation sites (N-methyl/N-ethyl adjacent to an activating group) is 1. The minimum absolute atomic E-state index is 0.0288. The largest absolute Gasteiger partial charge is 0.484 e. The number of hydrogen-bond acceptors (Lipinski definition) is 3. The smallest absolute Gasteiger partial charge is 0.260 e. The number of thiocarbonyl (C=S) groups is 1. The van der Waals surface area contributed by atoms with E-state index < -0.39 is 0 Å². The lowest BCUT2D eigenvalue weighted by molar-refractivity contribution is -0.131. The van der Waals surface area contributed by atoms with Crippen LogP contribution in [0.2, 0.25) is 0 Å². The molecule has 0 saturated carbocycles. The molecule has 19 heavy (non-hydrogen) atoms. The van der Waals surface area contributed by atoms with Gasteiger partial charge in [-0.05, 0) is 24.1 Å². The second-order valence-corrected chi connectivity index (χ2v) is 4.85. The molecule has 0 aliphatic carbocycles. The first kappa shape index (κ1) is 15.4. The summed E-state index contributed by atoms with van der Waals surface area (Å²) in [4.78, 5) is 13.8. The highest BCUT2D eigenvalue weighted by Crippen LogP contribution is 2.13. The van der Waals surface area contributed by atoms with Crippen LogP contribution in [0.15, 0.2) is 24.3 Å². The van der Waals surface area contributed by atoms with Crippen molar-refractivity contribution in [2.24, 2.45) is 5.73 Å². The van der Waals surface area contributed by atoms with Gasteiger partial charge in [-0.1, -0.05) is 31.3 Å². The lowest BCUT2D eigenvalue weighted by Crippen LogP contribution is -2.33. The molecule has 4 nitrogen and oxygen atoms in total. The summed E-state index contributed by atoms with van der Waals surface area (Å²) in [6, 6.07) is 7.75. The lowest BCUT2D eigenvalue weighted by atomic mass is 10.2. The number of hydrogen-bond donors (Lipinski definition) is 1. The molecule has 0 heterocycles. The number of nitrogens with two attached hydrogens (primary N) is 1. The fraction of sp³-hybridized carbons (Fsp3) is 0.429. The van der Waals surface area contributed by atoms with E-state index >= 15 is 0 Å². The number of ether oxygens (including phenoxy) is 1. The summed E-state index contributed by atoms with van der Waals surface area (Å²) in [5, 5.41) is 0. The Kier molecular flexibility index (Phi) is 6.29. The summed E-state index contributed by atoms with van der Waals surface area (Å²) in [5.74, 6) is 0.633. The van der Waals surface area contributed by atoms with Crippen LogP contribution in [-0.4, -0.2) is 36.0 Å². The summed E-state index contributed by atoms with van der Waals surface area (Å²) < 4.78 is 5.48. The molecule has 1 aromatic rings. The van der Waals surface area contributed by atoms with E-state index in [1.54, 1.807) is 11.9 Å². The second kappa shape index (κ2) is 7.74. The Balaban J connectivity index is 2.42. The van der Waals surface area contributed by atoms with E-state index in [0.29, 0.717) is 18.0 Å². The fourth-order valence-electron chi connectivity index (χ4n) is 1.51. The number of carbonyl (C=O) groups excluding carboxylic acids is 1. The van der Waals surface area contributed by atoms with E-state index in [-0.39, 0.29) is 12.5 Å². The number of amides is 1. The van der Waals surface area contributed by atoms with Crippen LogP contribution in [0.3, 0.4) is 0 Å². The third-order valence-corrected chi connectivity index (χ3v) is 2.99. The maximum Gasteiger partial charge on any atom is 0.260 e. The van der Waals surface area contributed by atoms with Gasteiger partial charge in [0.2, 0.25) is 0 Å². The predicted octanol–water partition coefficient (Wildman–Crippen LogP) is 1.76. The van der Waals surface area contributed by atoms with Gasteiger partial charge >= 0.3 is 0 Å². The second-order valence-electron chi connectivity index (χ2n) is 4.32. The molecule has 1 rings (SSSR count). The summed E-state index contributed by atoms with van der Waals surface area (Å²) in [5.41, 5.74) is 6.59. The van der Waals surface area contributed by atoms with Crippen LogP contribution in [0.1, 0.15) is 18.9 Å². The Labute approximate surface area is 119 Å². The van der Waals surface area contributed by atoms with Crippen LogP contribution >= 0.6 is 12.2 Å². The van der Waals surface area contributed by atoms with Crippen molar-refractivity contribution >= 4 is 23.1 Å². The first-order valence-electron chi connectivity index (χ1n) is 6.27. The first-order chi connectivity index (χ1) is 9.02. The highest BCUT2D eigenvalue weighted by atomic mass is 32.1. The third-order valence-electron chi connectivity index (χ3n) is 2.79. The van der Waals surface area contributed by atoms with Crippen molar-refractivity contribution in [3.8, 4) is 5.75 Å². The minimum Gasteiger partial charge on any atom is -0.484 e. The van der Waals surface area contributed by atoms with Crippen molar-refractivity contribution in [3.05, 3.63) is 29.8 Å². The summed E-state index contributed by atoms with van der Waals surface area (Å²) in [6.07, 6.45) is 1.47. The standard InChI is InChI=1S/C14H20N2O2S/c1-3-11-5-4-6-12(9-11)18-10-14(17)16(2)8-7-13(15)19/h4-6,9H,3,7-8,10H2,1-2H3,(H2,15,19). The van der Waals surface area contributed by atoms with E-state index in [1.165, 1.54) is 5.56 Å². The molecular weight excluding hydrogens is 260 g/mol. The van der Waals surface area contributed by atoms with Gasteiger partial charge in [0, 0.05) is 20.0 Å². The van der Waals surface area contributed by atoms with Crippen LogP contribution in [0, 0.1) is 0 Å². The number of carbonyl (C=O) groups is 1. The van der Waals surface area contributed by atoms with Crippen LogP contribution in [0.5, 0.6) is 5.75 Å². The minimum atomic E-state index is -0.0850. The van der Waals surface area contributed by atoms with E-state index in [2.05, 4.69) is 6.92 Å². The highest BCUT2D eigenvalue weighted by Gasteiger charge is 2.09. The van der Waals surface area contributed by atoms with Gasteiger partial charge in [0.25, 0.3) is 5.91 Å². The monoisotopic (exact) mass is 280 g/mol. The molecule has 0 fully saturated rings. The molecule has 2 N–H and O–H groups in total. The molecule has 0 radical (unpaired) electrons. The van der Waals surface area contributed by atoms with Gasteiger partial charge in [-0.15, -0.1) is 0 Å². The van der Waals surface area contributed by atoms with Gasteiger partial charge in [0.05, 0.1) is 4.99 Å². The number of rotatable bonds is 7. The van der Waals surface area contributed by atoms with Crippen LogP contribution < -0.4 is 10.5 Å². The fourth-order valence-corrected chi connectivity index (χ4v) is 1.60. The lowest BCUT2D eigenvalue weighted by Gasteiger charge is -2.17. The molecular formula is C14H20N2O2S. The number of nitrogens with zero attached hydrogens (tertiary/aromatic N) is 1. The normalized spacial score (nSPS) is 10.0. The van der Waals surface area contributed by atoms with Crippen molar-refractivity contribution in [3.63, 3.8) is 0 Å². The molecule has 104 valence electrons. The van der Waals surface area contributed by atoms with Gasteiger partial charge in [-0.3, -0.25) is 4.79 Å². The van der Waals surface area contributed by atoms with Crippen molar-refractivity contribution in [1.29, 1.82) is 0 Å². The summed E-state index contributed by atoms with van der Waals surface area (Å²) >= 11 is 4.78. The van der Waals surface area contributed by atoms with Gasteiger partial charge in [0.1, 0.15) is 5.75 Å². The van der Waals surface area contributed by atoms with E-state index in [1.807, 2.05) is 24.3 Å². The average Bonchev–Trinajstić information content (AvgIpc) is 2.42. The molecule has 1 amide bonds. The van der Waals surface area contributed by atoms with Gasteiger partial charge < -0.3 is 15.4 Å². The summed E-state index contributed by atoms with van der Waals surface area (Å²) in [7, 11) is 1.71. The molecule has 0 unspecified atom stereocenters. The molecule has 0 aromatic heterocycles. The predicted molar refractivity (Wildman–Crippen MR) is 80.4 cm³/mol. The topological polar surface area (TPSA) is 55.6 Å². The van der Waals surface area contributed by atoms with Gasteiger partial charge in [-0.2, -0.15) is 0 Å². The van der Waals surface area contributed by atoms with Crippen molar-refractivity contribution < 1.29 is 9.53 Å². The zero-order valence-electron chi connectivity index (χ0n) is 11.4. The molecule has 5 heteroatoms. The summed E-state index contributed by atoms with van der Waals surface area (Å²) in [6.45, 7) is 2.63. The quantitative estimate of drug-likeness (QED) is 0.773. The zero-order valence-corrected chi connectivity index (χ0v) is 12.2. The van der Waals surface area contributed by atoms with E-state index in [9.17, 15) is 4.79 Å². The zero-order chi connectivity index (χ0) is 14.3. The Bertz CT molecular complexity index is 449. The van der Waals surface area contributed by atoms with Crippen molar-refractivity contribution in [1.82, 2.24) is 4.90 Å². The Hall–Kier alpha value is -1.62. The van der Waals surface area contributed by atoms with Crippen LogP contribution in [0.25, 0.3) is 0 Å². The maximum absolute atomic E-state index is 11.8. The molecule has 0 aliphatic heterocycles. The van der Waals surface area contributed by atoms with E-state index in [0.717, 1.165) is 12.2 Å². The van der Waals surface area contributed by atoms with Gasteiger partial charge in [0.15, 0.2) is 6.61 Å². The van der Waals surface area contributed by atoms with E-state index in [4.69, 9.17) is 22.7 Å². The number of aryl methyl sites for hydroxylation is 1. The number of benzene rings is 1. The first-order valence-corrected chi connectivity index (χ1v) is 6.67. The Morgan fingerprint density at radius 2 is 2.21 bits per heavy atom. The Morgan fingerprint density at radius 1 is 1.47 bits per heavy atom.